The summed E-state index contributed by atoms with van der Waals surface area (Å²) < 4.78 is 5.15. The molecule has 1 saturated heterocycles. The number of carbonyl (C=O) groups is 3. The lowest BCUT2D eigenvalue weighted by Gasteiger charge is -2.13. The van der Waals surface area contributed by atoms with E-state index in [1.165, 1.54) is 35.1 Å². The Bertz CT molecular complexity index is 1370. The second-order valence-corrected chi connectivity index (χ2v) is 11.2. The molecular weight excluding hydrogens is 550 g/mol. The Morgan fingerprint density at radius 3 is 2.68 bits per heavy atom. The Morgan fingerprint density at radius 2 is 1.95 bits per heavy atom. The quantitative estimate of drug-likeness (QED) is 0.197. The number of nitrogens with zero attached hydrogens (tertiary/aromatic N) is 2. The van der Waals surface area contributed by atoms with Gasteiger partial charge < -0.3 is 10.1 Å². The van der Waals surface area contributed by atoms with Crippen molar-refractivity contribution in [2.75, 3.05) is 19.0 Å². The first-order valence-electron chi connectivity index (χ1n) is 11.3. The van der Waals surface area contributed by atoms with E-state index < -0.39 is 5.97 Å². The number of anilines is 1. The molecule has 2 aromatic carbocycles. The Kier molecular flexibility index (Phi) is 9.09. The summed E-state index contributed by atoms with van der Waals surface area (Å²) in [7, 11) is 1.32. The molecule has 1 aromatic heterocycles. The van der Waals surface area contributed by atoms with Crippen molar-refractivity contribution < 1.29 is 19.1 Å². The normalized spacial score (nSPS) is 14.3. The van der Waals surface area contributed by atoms with Crippen LogP contribution in [0.4, 0.5) is 5.13 Å². The minimum Gasteiger partial charge on any atom is -0.465 e. The number of esters is 1. The molecule has 3 aromatic rings. The van der Waals surface area contributed by atoms with Crippen molar-refractivity contribution in [1.29, 1.82) is 0 Å². The summed E-state index contributed by atoms with van der Waals surface area (Å²) in [4.78, 5) is 44.1. The van der Waals surface area contributed by atoms with Crippen LogP contribution in [0.1, 0.15) is 39.2 Å². The van der Waals surface area contributed by atoms with Crippen LogP contribution in [0.3, 0.4) is 0 Å². The molecule has 0 unspecified atom stereocenters. The van der Waals surface area contributed by atoms with Crippen molar-refractivity contribution >= 4 is 80.2 Å². The molecule has 0 atom stereocenters. The highest BCUT2D eigenvalue weighted by Gasteiger charge is 2.31. The first-order chi connectivity index (χ1) is 17.8. The molecule has 1 N–H and O–H groups in total. The van der Waals surface area contributed by atoms with Gasteiger partial charge in [-0.3, -0.25) is 14.5 Å². The Hall–Kier alpha value is -3.05. The standard InChI is InChI=1S/C26H22ClN3O4S3/c1-34-24(33)17-10-8-16(9-11-17)13-21-23(32)30(26(35)37-21)12-4-7-22(31)29-25-28-15-19(36-25)14-18-5-2-3-6-20(18)27/h2-3,5-6,8-11,13,15H,4,7,12,14H2,1H3,(H,28,29,31)/b21-13-. The molecule has 1 fully saturated rings. The predicted octanol–water partition coefficient (Wildman–Crippen LogP) is 5.79. The molecule has 0 spiro atoms. The maximum absolute atomic E-state index is 12.8. The molecular formula is C26H22ClN3O4S3. The number of thioether (sulfide) groups is 1. The van der Waals surface area contributed by atoms with Crippen molar-refractivity contribution in [2.24, 2.45) is 0 Å². The summed E-state index contributed by atoms with van der Waals surface area (Å²) >= 11 is 14.2. The van der Waals surface area contributed by atoms with Crippen molar-refractivity contribution in [3.63, 3.8) is 0 Å². The average Bonchev–Trinajstić information content (AvgIpc) is 3.43. The van der Waals surface area contributed by atoms with Gasteiger partial charge in [-0.2, -0.15) is 0 Å². The zero-order valence-corrected chi connectivity index (χ0v) is 22.9. The van der Waals surface area contributed by atoms with Gasteiger partial charge in [-0.25, -0.2) is 9.78 Å². The topological polar surface area (TPSA) is 88.6 Å². The van der Waals surface area contributed by atoms with Gasteiger partial charge in [-0.05, 0) is 41.8 Å². The first-order valence-corrected chi connectivity index (χ1v) is 13.7. The zero-order valence-electron chi connectivity index (χ0n) is 19.7. The summed E-state index contributed by atoms with van der Waals surface area (Å²) in [6.07, 6.45) is 4.79. The number of aromatic nitrogens is 1. The number of hydrogen-bond acceptors (Lipinski definition) is 8. The van der Waals surface area contributed by atoms with Crippen LogP contribution < -0.4 is 5.32 Å². The number of thiazole rings is 1. The third-order valence-corrected chi connectivity index (χ3v) is 8.07. The van der Waals surface area contributed by atoms with E-state index in [0.29, 0.717) is 44.3 Å². The van der Waals surface area contributed by atoms with Crippen molar-refractivity contribution in [2.45, 2.75) is 19.3 Å². The largest absolute Gasteiger partial charge is 0.465 e. The van der Waals surface area contributed by atoms with E-state index in [9.17, 15) is 14.4 Å². The molecule has 7 nitrogen and oxygen atoms in total. The van der Waals surface area contributed by atoms with Gasteiger partial charge in [-0.1, -0.05) is 65.9 Å². The zero-order chi connectivity index (χ0) is 26.4. The Labute approximate surface area is 232 Å². The molecule has 37 heavy (non-hydrogen) atoms. The highest BCUT2D eigenvalue weighted by molar-refractivity contribution is 8.26. The van der Waals surface area contributed by atoms with E-state index in [-0.39, 0.29) is 18.2 Å². The third-order valence-electron chi connectivity index (χ3n) is 5.41. The summed E-state index contributed by atoms with van der Waals surface area (Å²) in [5.41, 5.74) is 2.20. The molecule has 0 aliphatic carbocycles. The van der Waals surface area contributed by atoms with Gasteiger partial charge in [0.1, 0.15) is 4.32 Å². The molecule has 1 aliphatic rings. The Morgan fingerprint density at radius 1 is 1.19 bits per heavy atom. The summed E-state index contributed by atoms with van der Waals surface area (Å²) in [5.74, 6) is -0.795. The van der Waals surface area contributed by atoms with Crippen LogP contribution in [-0.4, -0.2) is 45.6 Å². The van der Waals surface area contributed by atoms with Crippen molar-refractivity contribution in [3.05, 3.63) is 86.2 Å². The van der Waals surface area contributed by atoms with E-state index in [1.807, 2.05) is 24.3 Å². The van der Waals surface area contributed by atoms with Gasteiger partial charge in [0.25, 0.3) is 5.91 Å². The molecule has 2 heterocycles. The van der Waals surface area contributed by atoms with Crippen LogP contribution in [0.15, 0.2) is 59.6 Å². The highest BCUT2D eigenvalue weighted by atomic mass is 35.5. The minimum atomic E-state index is -0.422. The number of carbonyl (C=O) groups excluding carboxylic acids is 3. The molecule has 1 aliphatic heterocycles. The average molecular weight is 572 g/mol. The van der Waals surface area contributed by atoms with Crippen LogP contribution >= 0.6 is 46.9 Å². The lowest BCUT2D eigenvalue weighted by Crippen LogP contribution is -2.29. The monoisotopic (exact) mass is 571 g/mol. The summed E-state index contributed by atoms with van der Waals surface area (Å²) in [6.45, 7) is 0.340. The highest BCUT2D eigenvalue weighted by Crippen LogP contribution is 2.33. The molecule has 4 rings (SSSR count). The number of rotatable bonds is 9. The lowest BCUT2D eigenvalue weighted by molar-refractivity contribution is -0.122. The molecule has 2 amide bonds. The van der Waals surface area contributed by atoms with Crippen LogP contribution in [-0.2, 0) is 20.7 Å². The maximum atomic E-state index is 12.8. The fourth-order valence-corrected chi connectivity index (χ4v) is 5.90. The smallest absolute Gasteiger partial charge is 0.337 e. The van der Waals surface area contributed by atoms with E-state index >= 15 is 0 Å². The van der Waals surface area contributed by atoms with Crippen molar-refractivity contribution in [3.8, 4) is 0 Å². The van der Waals surface area contributed by atoms with E-state index in [4.69, 9.17) is 28.6 Å². The minimum absolute atomic E-state index is 0.176. The van der Waals surface area contributed by atoms with E-state index in [2.05, 4.69) is 10.3 Å². The number of ether oxygens (including phenoxy) is 1. The molecule has 11 heteroatoms. The van der Waals surface area contributed by atoms with Gasteiger partial charge in [0, 0.05) is 35.5 Å². The second-order valence-electron chi connectivity index (χ2n) is 8.00. The fourth-order valence-electron chi connectivity index (χ4n) is 3.53. The fraction of sp³-hybridized carbons (Fsp3) is 0.192. The van der Waals surface area contributed by atoms with Gasteiger partial charge >= 0.3 is 5.97 Å². The Balaban J connectivity index is 1.26. The van der Waals surface area contributed by atoms with E-state index in [1.54, 1.807) is 36.5 Å². The van der Waals surface area contributed by atoms with Crippen molar-refractivity contribution in [1.82, 2.24) is 9.88 Å². The number of thiocarbonyl (C=S) groups is 1. The first kappa shape index (κ1) is 27.0. The number of benzene rings is 2. The number of hydrogen-bond donors (Lipinski definition) is 1. The second kappa shape index (κ2) is 12.5. The number of methoxy groups -OCH3 is 1. The number of amides is 2. The molecule has 0 bridgehead atoms. The summed E-state index contributed by atoms with van der Waals surface area (Å²) in [6, 6.07) is 14.4. The SMILES string of the molecule is COC(=O)c1ccc(/C=C2\SC(=S)N(CCCC(=O)Nc3ncc(Cc4ccccc4Cl)s3)C2=O)cc1. The number of halogens is 1. The van der Waals surface area contributed by atoms with Gasteiger partial charge in [-0.15, -0.1) is 11.3 Å². The predicted molar refractivity (Wildman–Crippen MR) is 152 cm³/mol. The number of nitrogens with one attached hydrogen (secondary N) is 1. The van der Waals surface area contributed by atoms with Gasteiger partial charge in [0.2, 0.25) is 5.91 Å². The third kappa shape index (κ3) is 7.04. The van der Waals surface area contributed by atoms with Gasteiger partial charge in [0.05, 0.1) is 17.6 Å². The summed E-state index contributed by atoms with van der Waals surface area (Å²) in [5, 5.41) is 4.04. The molecule has 0 radical (unpaired) electrons. The van der Waals surface area contributed by atoms with Crippen LogP contribution in [0, 0.1) is 0 Å². The van der Waals surface area contributed by atoms with E-state index in [0.717, 1.165) is 16.0 Å². The van der Waals surface area contributed by atoms with Crippen LogP contribution in [0.2, 0.25) is 5.02 Å². The molecule has 190 valence electrons. The molecule has 0 saturated carbocycles. The van der Waals surface area contributed by atoms with Crippen LogP contribution in [0.5, 0.6) is 0 Å². The lowest BCUT2D eigenvalue weighted by atomic mass is 10.1. The van der Waals surface area contributed by atoms with Crippen LogP contribution in [0.25, 0.3) is 6.08 Å². The van der Waals surface area contributed by atoms with Gasteiger partial charge in [0.15, 0.2) is 5.13 Å². The maximum Gasteiger partial charge on any atom is 0.337 e.